The van der Waals surface area contributed by atoms with Crippen LogP contribution in [-0.4, -0.2) is 55.3 Å². The number of amides is 2. The lowest BCUT2D eigenvalue weighted by atomic mass is 9.90. The van der Waals surface area contributed by atoms with Gasteiger partial charge in [-0.3, -0.25) is 9.59 Å². The van der Waals surface area contributed by atoms with Crippen LogP contribution >= 0.6 is 0 Å². The van der Waals surface area contributed by atoms with Gasteiger partial charge in [0.05, 0.1) is 25.7 Å². The summed E-state index contributed by atoms with van der Waals surface area (Å²) >= 11 is 0. The fraction of sp³-hybridized carbons (Fsp3) is 0.391. The molecule has 2 aromatic rings. The number of nitrogens with zero attached hydrogens (tertiary/aromatic N) is 1. The van der Waals surface area contributed by atoms with Crippen molar-refractivity contribution in [3.63, 3.8) is 0 Å². The van der Waals surface area contributed by atoms with Crippen LogP contribution in [0.15, 0.2) is 60.7 Å². The van der Waals surface area contributed by atoms with E-state index in [-0.39, 0.29) is 18.4 Å². The molecule has 6 nitrogen and oxygen atoms in total. The third-order valence-corrected chi connectivity index (χ3v) is 5.63. The number of carbonyl (C=O) groups is 2. The highest BCUT2D eigenvalue weighted by Crippen LogP contribution is 2.31. The largest absolute Gasteiger partial charge is 0.347 e. The Morgan fingerprint density at radius 3 is 1.93 bits per heavy atom. The lowest BCUT2D eigenvalue weighted by Gasteiger charge is -2.37. The molecule has 2 heterocycles. The van der Waals surface area contributed by atoms with Gasteiger partial charge in [0.2, 0.25) is 11.8 Å². The normalized spacial score (nSPS) is 18.2. The highest BCUT2D eigenvalue weighted by atomic mass is 16.7. The Labute approximate surface area is 170 Å². The molecule has 1 spiro atoms. The summed E-state index contributed by atoms with van der Waals surface area (Å²) in [4.78, 5) is 27.4. The fourth-order valence-electron chi connectivity index (χ4n) is 4.05. The number of hydrogen-bond acceptors (Lipinski definition) is 4. The summed E-state index contributed by atoms with van der Waals surface area (Å²) in [6.45, 7) is 2.38. The van der Waals surface area contributed by atoms with Gasteiger partial charge in [-0.2, -0.15) is 0 Å². The quantitative estimate of drug-likeness (QED) is 0.845. The molecule has 0 aromatic heterocycles. The molecule has 2 aromatic carbocycles. The third-order valence-electron chi connectivity index (χ3n) is 5.63. The molecule has 2 aliphatic rings. The van der Waals surface area contributed by atoms with Gasteiger partial charge in [-0.25, -0.2) is 0 Å². The first-order valence-corrected chi connectivity index (χ1v) is 10.1. The lowest BCUT2D eigenvalue weighted by molar-refractivity contribution is -0.187. The van der Waals surface area contributed by atoms with Crippen LogP contribution in [0, 0.1) is 0 Å². The van der Waals surface area contributed by atoms with Gasteiger partial charge in [-0.15, -0.1) is 0 Å². The van der Waals surface area contributed by atoms with Crippen molar-refractivity contribution in [3.8, 4) is 0 Å². The second-order valence-corrected chi connectivity index (χ2v) is 7.46. The van der Waals surface area contributed by atoms with Crippen molar-refractivity contribution in [2.45, 2.75) is 24.5 Å². The number of benzene rings is 2. The van der Waals surface area contributed by atoms with Gasteiger partial charge in [0, 0.05) is 25.9 Å². The van der Waals surface area contributed by atoms with E-state index < -0.39 is 11.7 Å². The summed E-state index contributed by atoms with van der Waals surface area (Å²) in [5.41, 5.74) is 1.80. The van der Waals surface area contributed by atoms with E-state index in [1.807, 2.05) is 60.7 Å². The Balaban J connectivity index is 1.37. The van der Waals surface area contributed by atoms with Crippen LogP contribution in [0.3, 0.4) is 0 Å². The Kier molecular flexibility index (Phi) is 5.92. The van der Waals surface area contributed by atoms with E-state index in [9.17, 15) is 9.59 Å². The number of likely N-dealkylation sites (tertiary alicyclic amines) is 1. The standard InChI is InChI=1S/C23H26N2O4/c26-20(25-13-11-23(12-14-25)28-15-16-29-23)17-24-22(27)21(18-7-3-1-4-8-18)19-9-5-2-6-10-19/h1-10,21H,11-17H2,(H,24,27). The number of rotatable bonds is 5. The van der Waals surface area contributed by atoms with Crippen molar-refractivity contribution >= 4 is 11.8 Å². The summed E-state index contributed by atoms with van der Waals surface area (Å²) in [6, 6.07) is 19.3. The average molecular weight is 394 g/mol. The minimum atomic E-state index is -0.508. The highest BCUT2D eigenvalue weighted by molar-refractivity contribution is 5.90. The van der Waals surface area contributed by atoms with Gasteiger partial charge in [-0.1, -0.05) is 60.7 Å². The maximum atomic E-state index is 13.0. The Morgan fingerprint density at radius 2 is 1.41 bits per heavy atom. The zero-order valence-electron chi connectivity index (χ0n) is 16.4. The first kappa shape index (κ1) is 19.6. The van der Waals surface area contributed by atoms with Crippen LogP contribution in [0.1, 0.15) is 29.9 Å². The molecule has 0 radical (unpaired) electrons. The van der Waals surface area contributed by atoms with Crippen molar-refractivity contribution in [2.24, 2.45) is 0 Å². The molecule has 1 N–H and O–H groups in total. The zero-order valence-corrected chi connectivity index (χ0v) is 16.4. The predicted octanol–water partition coefficient (Wildman–Crippen LogP) is 2.30. The molecule has 4 rings (SSSR count). The number of piperidine rings is 1. The molecule has 152 valence electrons. The van der Waals surface area contributed by atoms with Crippen LogP contribution in [0.4, 0.5) is 0 Å². The van der Waals surface area contributed by atoms with Gasteiger partial charge in [-0.05, 0) is 11.1 Å². The van der Waals surface area contributed by atoms with Gasteiger partial charge < -0.3 is 19.7 Å². The van der Waals surface area contributed by atoms with E-state index in [4.69, 9.17) is 9.47 Å². The van der Waals surface area contributed by atoms with Crippen LogP contribution in [0.5, 0.6) is 0 Å². The third kappa shape index (κ3) is 4.49. The van der Waals surface area contributed by atoms with Crippen molar-refractivity contribution in [1.82, 2.24) is 10.2 Å². The SMILES string of the molecule is O=C(NCC(=O)N1CCC2(CC1)OCCO2)C(c1ccccc1)c1ccccc1. The average Bonchev–Trinajstić information content (AvgIpc) is 3.22. The lowest BCUT2D eigenvalue weighted by Crippen LogP contribution is -2.50. The van der Waals surface area contributed by atoms with E-state index in [0.29, 0.717) is 39.1 Å². The second-order valence-electron chi connectivity index (χ2n) is 7.46. The van der Waals surface area contributed by atoms with Crippen molar-refractivity contribution in [3.05, 3.63) is 71.8 Å². The molecule has 2 fully saturated rings. The van der Waals surface area contributed by atoms with Crippen LogP contribution in [0.2, 0.25) is 0 Å². The summed E-state index contributed by atoms with van der Waals surface area (Å²) in [5.74, 6) is -1.21. The smallest absolute Gasteiger partial charge is 0.241 e. The summed E-state index contributed by atoms with van der Waals surface area (Å²) in [5, 5.41) is 2.85. The van der Waals surface area contributed by atoms with E-state index in [2.05, 4.69) is 5.32 Å². The van der Waals surface area contributed by atoms with E-state index in [1.54, 1.807) is 4.90 Å². The fourth-order valence-corrected chi connectivity index (χ4v) is 4.05. The molecule has 0 atom stereocenters. The van der Waals surface area contributed by atoms with Crippen molar-refractivity contribution in [1.29, 1.82) is 0 Å². The summed E-state index contributed by atoms with van der Waals surface area (Å²) < 4.78 is 11.4. The molecule has 29 heavy (non-hydrogen) atoms. The summed E-state index contributed by atoms with van der Waals surface area (Å²) in [7, 11) is 0. The zero-order chi connectivity index (χ0) is 20.1. The number of carbonyl (C=O) groups excluding carboxylic acids is 2. The van der Waals surface area contributed by atoms with Gasteiger partial charge in [0.15, 0.2) is 5.79 Å². The van der Waals surface area contributed by atoms with Gasteiger partial charge in [0.1, 0.15) is 0 Å². The van der Waals surface area contributed by atoms with Gasteiger partial charge in [0.25, 0.3) is 0 Å². The van der Waals surface area contributed by atoms with Crippen LogP contribution < -0.4 is 5.32 Å². The Morgan fingerprint density at radius 1 is 0.897 bits per heavy atom. The van der Waals surface area contributed by atoms with E-state index in [0.717, 1.165) is 11.1 Å². The van der Waals surface area contributed by atoms with Crippen molar-refractivity contribution < 1.29 is 19.1 Å². The predicted molar refractivity (Wildman–Crippen MR) is 108 cm³/mol. The molecule has 2 amide bonds. The van der Waals surface area contributed by atoms with Gasteiger partial charge >= 0.3 is 0 Å². The molecule has 2 saturated heterocycles. The molecule has 0 saturated carbocycles. The number of nitrogens with one attached hydrogen (secondary N) is 1. The monoisotopic (exact) mass is 394 g/mol. The first-order valence-electron chi connectivity index (χ1n) is 10.1. The van der Waals surface area contributed by atoms with E-state index >= 15 is 0 Å². The van der Waals surface area contributed by atoms with Crippen molar-refractivity contribution in [2.75, 3.05) is 32.8 Å². The molecular formula is C23H26N2O4. The Bertz CT molecular complexity index is 785. The minimum Gasteiger partial charge on any atom is -0.347 e. The maximum absolute atomic E-state index is 13.0. The molecule has 0 aliphatic carbocycles. The minimum absolute atomic E-state index is 0.0102. The molecule has 0 bridgehead atoms. The molecule has 6 heteroatoms. The van der Waals surface area contributed by atoms with Crippen LogP contribution in [0.25, 0.3) is 0 Å². The van der Waals surface area contributed by atoms with Crippen LogP contribution in [-0.2, 0) is 19.1 Å². The molecule has 0 unspecified atom stereocenters. The maximum Gasteiger partial charge on any atom is 0.241 e. The Hall–Kier alpha value is -2.70. The first-order chi connectivity index (χ1) is 14.2. The molecular weight excluding hydrogens is 368 g/mol. The number of hydrogen-bond donors (Lipinski definition) is 1. The summed E-state index contributed by atoms with van der Waals surface area (Å²) in [6.07, 6.45) is 1.34. The topological polar surface area (TPSA) is 67.9 Å². The number of ether oxygens (including phenoxy) is 2. The van der Waals surface area contributed by atoms with E-state index in [1.165, 1.54) is 0 Å². The molecule has 2 aliphatic heterocycles. The second kappa shape index (κ2) is 8.76. The highest BCUT2D eigenvalue weighted by Gasteiger charge is 2.40.